The Morgan fingerprint density at radius 1 is 1.45 bits per heavy atom. The Balaban J connectivity index is 1.92. The second-order valence-corrected chi connectivity index (χ2v) is 6.19. The van der Waals surface area contributed by atoms with Gasteiger partial charge in [0.2, 0.25) is 0 Å². The van der Waals surface area contributed by atoms with E-state index in [0.29, 0.717) is 4.99 Å². The minimum atomic E-state index is 0.465. The van der Waals surface area contributed by atoms with Crippen LogP contribution in [0.5, 0.6) is 0 Å². The van der Waals surface area contributed by atoms with Gasteiger partial charge in [-0.05, 0) is 45.0 Å². The topological polar surface area (TPSA) is 32.5 Å². The van der Waals surface area contributed by atoms with E-state index >= 15 is 0 Å². The average molecular weight is 291 g/mol. The highest BCUT2D eigenvalue weighted by Crippen LogP contribution is 2.20. The molecule has 0 radical (unpaired) electrons. The van der Waals surface area contributed by atoms with Crippen molar-refractivity contribution in [2.75, 3.05) is 32.1 Å². The number of piperidine rings is 1. The maximum atomic E-state index is 5.70. The predicted octanol–water partition coefficient (Wildman–Crippen LogP) is 2.63. The van der Waals surface area contributed by atoms with Crippen LogP contribution in [0.2, 0.25) is 0 Å². The van der Waals surface area contributed by atoms with Crippen molar-refractivity contribution in [3.8, 4) is 0 Å². The summed E-state index contributed by atoms with van der Waals surface area (Å²) in [6, 6.07) is 8.91. The molecule has 1 aliphatic rings. The summed E-state index contributed by atoms with van der Waals surface area (Å²) in [7, 11) is 4.39. The van der Waals surface area contributed by atoms with Gasteiger partial charge >= 0.3 is 0 Å². The molecule has 0 spiro atoms. The van der Waals surface area contributed by atoms with E-state index in [4.69, 9.17) is 18.0 Å². The highest BCUT2D eigenvalue weighted by Gasteiger charge is 2.18. The van der Waals surface area contributed by atoms with Crippen molar-refractivity contribution in [2.45, 2.75) is 31.7 Å². The van der Waals surface area contributed by atoms with Crippen LogP contribution in [0.3, 0.4) is 0 Å². The first kappa shape index (κ1) is 15.3. The fraction of sp³-hybridized carbons (Fsp3) is 0.562. The molecule has 3 nitrogen and oxygen atoms in total. The molecule has 20 heavy (non-hydrogen) atoms. The first-order valence-corrected chi connectivity index (χ1v) is 7.80. The third-order valence-electron chi connectivity index (χ3n) is 4.29. The van der Waals surface area contributed by atoms with Gasteiger partial charge in [-0.3, -0.25) is 0 Å². The Morgan fingerprint density at radius 3 is 2.95 bits per heavy atom. The zero-order valence-corrected chi connectivity index (χ0v) is 13.3. The molecular formula is C16H25N3S. The van der Waals surface area contributed by atoms with E-state index in [0.717, 1.165) is 18.2 Å². The second kappa shape index (κ2) is 7.04. The Kier molecular flexibility index (Phi) is 5.38. The van der Waals surface area contributed by atoms with Gasteiger partial charge in [0, 0.05) is 30.9 Å². The van der Waals surface area contributed by atoms with Crippen molar-refractivity contribution in [3.05, 3.63) is 29.8 Å². The summed E-state index contributed by atoms with van der Waals surface area (Å²) in [6.45, 7) is 2.31. The summed E-state index contributed by atoms with van der Waals surface area (Å²) in [6.07, 6.45) is 5.26. The lowest BCUT2D eigenvalue weighted by Gasteiger charge is -2.34. The summed E-state index contributed by atoms with van der Waals surface area (Å²) in [4.78, 5) is 5.26. The molecule has 0 amide bonds. The third-order valence-corrected chi connectivity index (χ3v) is 4.53. The minimum Gasteiger partial charge on any atom is -0.389 e. The van der Waals surface area contributed by atoms with Crippen molar-refractivity contribution in [2.24, 2.45) is 5.73 Å². The maximum Gasteiger partial charge on any atom is 0.104 e. The van der Waals surface area contributed by atoms with Gasteiger partial charge in [0.15, 0.2) is 0 Å². The van der Waals surface area contributed by atoms with Crippen molar-refractivity contribution in [1.29, 1.82) is 0 Å². The maximum absolute atomic E-state index is 5.70. The Labute approximate surface area is 127 Å². The normalized spacial score (nSPS) is 19.8. The molecule has 1 heterocycles. The van der Waals surface area contributed by atoms with E-state index < -0.39 is 0 Å². The number of benzene rings is 1. The van der Waals surface area contributed by atoms with Crippen LogP contribution in [-0.2, 0) is 0 Å². The molecular weight excluding hydrogens is 266 g/mol. The van der Waals surface area contributed by atoms with Gasteiger partial charge in [-0.15, -0.1) is 0 Å². The largest absolute Gasteiger partial charge is 0.389 e. The summed E-state index contributed by atoms with van der Waals surface area (Å²) >= 11 is 5.04. The van der Waals surface area contributed by atoms with Crippen LogP contribution in [0.15, 0.2) is 24.3 Å². The molecule has 110 valence electrons. The number of thiocarbonyl (C=S) groups is 1. The van der Waals surface area contributed by atoms with E-state index in [1.165, 1.54) is 37.9 Å². The van der Waals surface area contributed by atoms with Gasteiger partial charge in [-0.1, -0.05) is 30.8 Å². The molecule has 1 aromatic rings. The fourth-order valence-electron chi connectivity index (χ4n) is 2.88. The molecule has 1 saturated heterocycles. The first-order valence-electron chi connectivity index (χ1n) is 7.39. The number of likely N-dealkylation sites (tertiary alicyclic amines) is 1. The lowest BCUT2D eigenvalue weighted by Crippen LogP contribution is -2.38. The number of hydrogen-bond acceptors (Lipinski definition) is 3. The van der Waals surface area contributed by atoms with E-state index in [1.54, 1.807) is 0 Å². The molecule has 1 aromatic carbocycles. The molecule has 1 unspecified atom stereocenters. The van der Waals surface area contributed by atoms with Crippen LogP contribution in [0, 0.1) is 0 Å². The summed E-state index contributed by atoms with van der Waals surface area (Å²) in [5.41, 5.74) is 7.83. The van der Waals surface area contributed by atoms with Gasteiger partial charge in [-0.25, -0.2) is 0 Å². The lowest BCUT2D eigenvalue weighted by molar-refractivity contribution is 0.178. The summed E-state index contributed by atoms with van der Waals surface area (Å²) < 4.78 is 0. The monoisotopic (exact) mass is 291 g/mol. The zero-order valence-electron chi connectivity index (χ0n) is 12.5. The molecule has 0 aromatic heterocycles. The van der Waals surface area contributed by atoms with Crippen LogP contribution in [0.25, 0.3) is 0 Å². The van der Waals surface area contributed by atoms with Gasteiger partial charge in [0.1, 0.15) is 4.99 Å². The van der Waals surface area contributed by atoms with Crippen molar-refractivity contribution in [1.82, 2.24) is 4.90 Å². The smallest absolute Gasteiger partial charge is 0.104 e. The van der Waals surface area contributed by atoms with Gasteiger partial charge in [0.25, 0.3) is 0 Å². The van der Waals surface area contributed by atoms with Crippen LogP contribution in [0.4, 0.5) is 5.69 Å². The SMILES string of the molecule is CN(CCC1CCCCN1C)c1cccc(C(N)=S)c1. The van der Waals surface area contributed by atoms with Gasteiger partial charge in [0.05, 0.1) is 0 Å². The van der Waals surface area contributed by atoms with Gasteiger partial charge < -0.3 is 15.5 Å². The molecule has 2 N–H and O–H groups in total. The van der Waals surface area contributed by atoms with Crippen molar-refractivity contribution < 1.29 is 0 Å². The number of hydrogen-bond donors (Lipinski definition) is 1. The summed E-state index contributed by atoms with van der Waals surface area (Å²) in [5, 5.41) is 0. The predicted molar refractivity (Wildman–Crippen MR) is 90.5 cm³/mol. The summed E-state index contributed by atoms with van der Waals surface area (Å²) in [5.74, 6) is 0. The Bertz CT molecular complexity index is 461. The average Bonchev–Trinajstić information content (AvgIpc) is 2.46. The fourth-order valence-corrected chi connectivity index (χ4v) is 3.00. The third kappa shape index (κ3) is 3.93. The first-order chi connectivity index (χ1) is 9.58. The molecule has 0 saturated carbocycles. The molecule has 1 atom stereocenters. The van der Waals surface area contributed by atoms with E-state index in [9.17, 15) is 0 Å². The number of nitrogens with two attached hydrogens (primary N) is 1. The molecule has 4 heteroatoms. The highest BCUT2D eigenvalue weighted by atomic mass is 32.1. The minimum absolute atomic E-state index is 0.465. The van der Waals surface area contributed by atoms with E-state index in [1.807, 2.05) is 12.1 Å². The number of nitrogens with zero attached hydrogens (tertiary/aromatic N) is 2. The molecule has 1 aliphatic heterocycles. The van der Waals surface area contributed by atoms with Crippen LogP contribution >= 0.6 is 12.2 Å². The van der Waals surface area contributed by atoms with E-state index in [-0.39, 0.29) is 0 Å². The standard InChI is InChI=1S/C16H25N3S/c1-18-10-4-3-7-14(18)9-11-19(2)15-8-5-6-13(12-15)16(17)20/h5-6,8,12,14H,3-4,7,9-11H2,1-2H3,(H2,17,20). The van der Waals surface area contributed by atoms with Gasteiger partial charge in [-0.2, -0.15) is 0 Å². The van der Waals surface area contributed by atoms with Crippen LogP contribution in [0.1, 0.15) is 31.2 Å². The van der Waals surface area contributed by atoms with Crippen LogP contribution in [-0.4, -0.2) is 43.1 Å². The number of anilines is 1. The Hall–Kier alpha value is -1.13. The number of rotatable bonds is 5. The molecule has 0 bridgehead atoms. The Morgan fingerprint density at radius 2 is 2.25 bits per heavy atom. The van der Waals surface area contributed by atoms with Crippen LogP contribution < -0.4 is 10.6 Å². The molecule has 2 rings (SSSR count). The lowest BCUT2D eigenvalue weighted by atomic mass is 10.00. The quantitative estimate of drug-likeness (QED) is 0.845. The zero-order chi connectivity index (χ0) is 14.5. The molecule has 1 fully saturated rings. The van der Waals surface area contributed by atoms with Crippen molar-refractivity contribution in [3.63, 3.8) is 0 Å². The second-order valence-electron chi connectivity index (χ2n) is 5.76. The highest BCUT2D eigenvalue weighted by molar-refractivity contribution is 7.80. The van der Waals surface area contributed by atoms with E-state index in [2.05, 4.69) is 36.0 Å². The van der Waals surface area contributed by atoms with Crippen molar-refractivity contribution >= 4 is 22.9 Å². The molecule has 0 aliphatic carbocycles.